The van der Waals surface area contributed by atoms with Crippen LogP contribution in [0.5, 0.6) is 0 Å². The quantitative estimate of drug-likeness (QED) is 0.858. The second-order valence-electron chi connectivity index (χ2n) is 6.12. The molecule has 4 heteroatoms. The molecule has 1 aromatic rings. The Morgan fingerprint density at radius 3 is 2.84 bits per heavy atom. The number of nitrogens with one attached hydrogen (secondary N) is 1. The molecule has 0 radical (unpaired) electrons. The summed E-state index contributed by atoms with van der Waals surface area (Å²) in [6, 6.07) is 0.557. The van der Waals surface area contributed by atoms with Crippen LogP contribution in [0.25, 0.3) is 0 Å². The van der Waals surface area contributed by atoms with Gasteiger partial charge in [-0.15, -0.1) is 0 Å². The third kappa shape index (κ3) is 3.57. The molecule has 19 heavy (non-hydrogen) atoms. The van der Waals surface area contributed by atoms with E-state index >= 15 is 0 Å². The van der Waals surface area contributed by atoms with Gasteiger partial charge in [0.25, 0.3) is 0 Å². The molecule has 4 nitrogen and oxygen atoms in total. The Kier molecular flexibility index (Phi) is 4.63. The van der Waals surface area contributed by atoms with Crippen LogP contribution in [0.15, 0.2) is 12.4 Å². The maximum absolute atomic E-state index is 10.6. The topological polar surface area (TPSA) is 50.1 Å². The summed E-state index contributed by atoms with van der Waals surface area (Å²) < 4.78 is 1.74. The fourth-order valence-corrected chi connectivity index (χ4v) is 3.10. The SMILES string of the molecule is CCC1CCCCC1NCC(C)(O)c1cnn(C)c1. The zero-order valence-corrected chi connectivity index (χ0v) is 12.4. The van der Waals surface area contributed by atoms with Gasteiger partial charge in [0, 0.05) is 31.4 Å². The maximum Gasteiger partial charge on any atom is 0.102 e. The van der Waals surface area contributed by atoms with Gasteiger partial charge in [0.05, 0.1) is 6.20 Å². The molecule has 2 N–H and O–H groups in total. The van der Waals surface area contributed by atoms with Crippen LogP contribution in [-0.4, -0.2) is 27.5 Å². The molecule has 1 heterocycles. The molecule has 3 atom stereocenters. The van der Waals surface area contributed by atoms with Crippen LogP contribution in [0.1, 0.15) is 51.5 Å². The molecular weight excluding hydrogens is 238 g/mol. The number of aliphatic hydroxyl groups is 1. The minimum Gasteiger partial charge on any atom is -0.384 e. The first-order valence-corrected chi connectivity index (χ1v) is 7.48. The summed E-state index contributed by atoms with van der Waals surface area (Å²) in [5.41, 5.74) is 0.0376. The Hall–Kier alpha value is -0.870. The van der Waals surface area contributed by atoms with Gasteiger partial charge in [-0.2, -0.15) is 5.10 Å². The first kappa shape index (κ1) is 14.5. The van der Waals surface area contributed by atoms with E-state index in [4.69, 9.17) is 0 Å². The van der Waals surface area contributed by atoms with Gasteiger partial charge in [-0.3, -0.25) is 4.68 Å². The van der Waals surface area contributed by atoms with Crippen molar-refractivity contribution in [2.24, 2.45) is 13.0 Å². The highest BCUT2D eigenvalue weighted by atomic mass is 16.3. The lowest BCUT2D eigenvalue weighted by Gasteiger charge is -2.34. The van der Waals surface area contributed by atoms with Gasteiger partial charge in [0.1, 0.15) is 5.60 Å². The van der Waals surface area contributed by atoms with Crippen LogP contribution >= 0.6 is 0 Å². The monoisotopic (exact) mass is 265 g/mol. The van der Waals surface area contributed by atoms with E-state index in [1.165, 1.54) is 32.1 Å². The molecule has 1 fully saturated rings. The molecule has 3 unspecified atom stereocenters. The molecule has 0 aromatic carbocycles. The highest BCUT2D eigenvalue weighted by Gasteiger charge is 2.29. The molecule has 0 saturated heterocycles. The van der Waals surface area contributed by atoms with E-state index in [-0.39, 0.29) is 0 Å². The van der Waals surface area contributed by atoms with Crippen molar-refractivity contribution in [3.05, 3.63) is 18.0 Å². The summed E-state index contributed by atoms with van der Waals surface area (Å²) in [6.45, 7) is 4.73. The smallest absolute Gasteiger partial charge is 0.102 e. The molecule has 2 rings (SSSR count). The van der Waals surface area contributed by atoms with Crippen molar-refractivity contribution in [2.75, 3.05) is 6.54 Å². The Labute approximate surface area is 116 Å². The van der Waals surface area contributed by atoms with E-state index in [1.54, 1.807) is 10.9 Å². The summed E-state index contributed by atoms with van der Waals surface area (Å²) in [5, 5.41) is 18.3. The number of aryl methyl sites for hydroxylation is 1. The normalized spacial score (nSPS) is 27.2. The van der Waals surface area contributed by atoms with Gasteiger partial charge in [0.15, 0.2) is 0 Å². The average Bonchev–Trinajstić information content (AvgIpc) is 2.84. The maximum atomic E-state index is 10.6. The van der Waals surface area contributed by atoms with Gasteiger partial charge >= 0.3 is 0 Å². The van der Waals surface area contributed by atoms with Gasteiger partial charge < -0.3 is 10.4 Å². The lowest BCUT2D eigenvalue weighted by Crippen LogP contribution is -2.45. The van der Waals surface area contributed by atoms with E-state index < -0.39 is 5.60 Å². The summed E-state index contributed by atoms with van der Waals surface area (Å²) in [4.78, 5) is 0. The number of hydrogen-bond acceptors (Lipinski definition) is 3. The van der Waals surface area contributed by atoms with Crippen molar-refractivity contribution in [3.63, 3.8) is 0 Å². The van der Waals surface area contributed by atoms with Crippen molar-refractivity contribution in [1.82, 2.24) is 15.1 Å². The molecule has 0 amide bonds. The van der Waals surface area contributed by atoms with Crippen LogP contribution in [-0.2, 0) is 12.6 Å². The van der Waals surface area contributed by atoms with Crippen molar-refractivity contribution in [1.29, 1.82) is 0 Å². The van der Waals surface area contributed by atoms with Crippen molar-refractivity contribution in [3.8, 4) is 0 Å². The van der Waals surface area contributed by atoms with E-state index in [2.05, 4.69) is 17.3 Å². The van der Waals surface area contributed by atoms with Gasteiger partial charge in [-0.05, 0) is 25.7 Å². The zero-order valence-electron chi connectivity index (χ0n) is 12.4. The molecule has 1 aliphatic rings. The van der Waals surface area contributed by atoms with Crippen LogP contribution in [0.3, 0.4) is 0 Å². The molecule has 1 saturated carbocycles. The highest BCUT2D eigenvalue weighted by molar-refractivity contribution is 5.14. The van der Waals surface area contributed by atoms with E-state index in [0.717, 1.165) is 11.5 Å². The summed E-state index contributed by atoms with van der Waals surface area (Å²) in [5.74, 6) is 0.762. The van der Waals surface area contributed by atoms with Gasteiger partial charge in [-0.25, -0.2) is 0 Å². The second-order valence-corrected chi connectivity index (χ2v) is 6.12. The standard InChI is InChI=1S/C15H27N3O/c1-4-12-7-5-6-8-14(12)16-11-15(2,19)13-9-17-18(3)10-13/h9-10,12,14,16,19H,4-8,11H2,1-3H3. The second kappa shape index (κ2) is 6.06. The third-order valence-electron chi connectivity index (χ3n) is 4.47. The summed E-state index contributed by atoms with van der Waals surface area (Å²) in [7, 11) is 1.88. The predicted molar refractivity (Wildman–Crippen MR) is 76.8 cm³/mol. The van der Waals surface area contributed by atoms with Crippen molar-refractivity contribution >= 4 is 0 Å². The van der Waals surface area contributed by atoms with Crippen molar-refractivity contribution in [2.45, 2.75) is 57.6 Å². The van der Waals surface area contributed by atoms with Crippen molar-refractivity contribution < 1.29 is 5.11 Å². The first-order valence-electron chi connectivity index (χ1n) is 7.48. The molecule has 0 aliphatic heterocycles. The van der Waals surface area contributed by atoms with E-state index in [9.17, 15) is 5.11 Å². The largest absolute Gasteiger partial charge is 0.384 e. The van der Waals surface area contributed by atoms with E-state index in [0.29, 0.717) is 12.6 Å². The molecule has 1 aliphatic carbocycles. The Balaban J connectivity index is 1.93. The summed E-state index contributed by atoms with van der Waals surface area (Å²) in [6.07, 6.45) is 10.1. The predicted octanol–water partition coefficient (Wildman–Crippen LogP) is 2.19. The van der Waals surface area contributed by atoms with Crippen LogP contribution in [0.4, 0.5) is 0 Å². The number of aromatic nitrogens is 2. The fraction of sp³-hybridized carbons (Fsp3) is 0.800. The highest BCUT2D eigenvalue weighted by Crippen LogP contribution is 2.28. The van der Waals surface area contributed by atoms with Crippen LogP contribution in [0.2, 0.25) is 0 Å². The molecular formula is C15H27N3O. The zero-order chi connectivity index (χ0) is 13.9. The molecule has 0 spiro atoms. The number of nitrogens with zero attached hydrogens (tertiary/aromatic N) is 2. The lowest BCUT2D eigenvalue weighted by atomic mass is 9.82. The summed E-state index contributed by atoms with van der Waals surface area (Å²) >= 11 is 0. The molecule has 1 aromatic heterocycles. The lowest BCUT2D eigenvalue weighted by molar-refractivity contribution is 0.0485. The minimum atomic E-state index is -0.843. The molecule has 0 bridgehead atoms. The Bertz CT molecular complexity index is 400. The van der Waals surface area contributed by atoms with Gasteiger partial charge in [0.2, 0.25) is 0 Å². The van der Waals surface area contributed by atoms with Gasteiger partial charge in [-0.1, -0.05) is 26.2 Å². The number of rotatable bonds is 5. The average molecular weight is 265 g/mol. The van der Waals surface area contributed by atoms with E-state index in [1.807, 2.05) is 20.2 Å². The fourth-order valence-electron chi connectivity index (χ4n) is 3.10. The Morgan fingerprint density at radius 1 is 1.47 bits per heavy atom. The minimum absolute atomic E-state index is 0.557. The molecule has 108 valence electrons. The number of hydrogen-bond donors (Lipinski definition) is 2. The first-order chi connectivity index (χ1) is 9.03. The van der Waals surface area contributed by atoms with Crippen LogP contribution < -0.4 is 5.32 Å². The Morgan fingerprint density at radius 2 is 2.21 bits per heavy atom. The third-order valence-corrected chi connectivity index (χ3v) is 4.47. The van der Waals surface area contributed by atoms with Crippen LogP contribution in [0, 0.1) is 5.92 Å².